The molecule has 0 radical (unpaired) electrons. The van der Waals surface area contributed by atoms with Gasteiger partial charge in [-0.15, -0.1) is 0 Å². The molecule has 27 heavy (non-hydrogen) atoms. The Labute approximate surface area is 158 Å². The zero-order valence-electron chi connectivity index (χ0n) is 15.4. The lowest BCUT2D eigenvalue weighted by atomic mass is 10.3. The molecule has 3 aliphatic carbocycles. The van der Waals surface area contributed by atoms with Gasteiger partial charge in [-0.2, -0.15) is 0 Å². The predicted octanol–water partition coefficient (Wildman–Crippen LogP) is 1.62. The molecule has 0 saturated heterocycles. The fraction of sp³-hybridized carbons (Fsp3) is 0.684. The number of aliphatic hydroxyl groups excluding tert-OH is 1. The summed E-state index contributed by atoms with van der Waals surface area (Å²) < 4.78 is 13.9. The van der Waals surface area contributed by atoms with E-state index in [2.05, 4.69) is 16.1 Å². The second-order valence-corrected chi connectivity index (χ2v) is 6.80. The summed E-state index contributed by atoms with van der Waals surface area (Å²) in [5.41, 5.74) is 1.20. The van der Waals surface area contributed by atoms with Crippen LogP contribution in [0.5, 0.6) is 0 Å². The fourth-order valence-electron chi connectivity index (χ4n) is 3.18. The van der Waals surface area contributed by atoms with E-state index in [4.69, 9.17) is 9.84 Å². The standard InChI is InChI=1S/C7H10O2.C6H10O3.C6H8O3/c1-6-2-3-7(4-6)9-5-8;2*7-4-9-6-2-1-5(8)3-6/h5,7H,1-4H2;4-6,8H,1-3H2;4,6H,1-3H2/t7-;5-,6-;6-/m000/s1. The van der Waals surface area contributed by atoms with Gasteiger partial charge in [-0.1, -0.05) is 12.2 Å². The summed E-state index contributed by atoms with van der Waals surface area (Å²) in [5, 5.41) is 8.93. The van der Waals surface area contributed by atoms with Crippen LogP contribution in [0.2, 0.25) is 0 Å². The summed E-state index contributed by atoms with van der Waals surface area (Å²) in [5.74, 6) is 0.196. The molecule has 8 nitrogen and oxygen atoms in total. The molecule has 0 spiro atoms. The highest BCUT2D eigenvalue weighted by Crippen LogP contribution is 2.24. The molecular formula is C19H28O8. The number of carbonyl (C=O) groups excluding carboxylic acids is 4. The maximum atomic E-state index is 10.5. The number of hydrogen-bond donors (Lipinski definition) is 1. The SMILES string of the molecule is C=C1CC[C@H](OC=O)C1.O=CO[C@H]1CCC(=O)C1.O=CO[C@H]1CC[C@H](O)C1. The number of rotatable bonds is 6. The van der Waals surface area contributed by atoms with E-state index in [0.29, 0.717) is 45.1 Å². The van der Waals surface area contributed by atoms with E-state index in [9.17, 15) is 19.2 Å². The van der Waals surface area contributed by atoms with Crippen LogP contribution in [-0.4, -0.2) is 54.7 Å². The zero-order valence-corrected chi connectivity index (χ0v) is 15.4. The van der Waals surface area contributed by atoms with E-state index in [1.54, 1.807) is 0 Å². The first-order valence-electron chi connectivity index (χ1n) is 9.12. The second-order valence-electron chi connectivity index (χ2n) is 6.80. The molecule has 0 aliphatic heterocycles. The van der Waals surface area contributed by atoms with E-state index >= 15 is 0 Å². The van der Waals surface area contributed by atoms with Gasteiger partial charge >= 0.3 is 0 Å². The van der Waals surface area contributed by atoms with Crippen molar-refractivity contribution in [1.29, 1.82) is 0 Å². The van der Waals surface area contributed by atoms with Gasteiger partial charge in [0.25, 0.3) is 19.4 Å². The van der Waals surface area contributed by atoms with Crippen molar-refractivity contribution in [3.8, 4) is 0 Å². The van der Waals surface area contributed by atoms with E-state index in [-0.39, 0.29) is 30.2 Å². The average molecular weight is 384 g/mol. The normalized spacial score (nSPS) is 28.9. The van der Waals surface area contributed by atoms with Gasteiger partial charge in [0.2, 0.25) is 0 Å². The van der Waals surface area contributed by atoms with Gasteiger partial charge in [0.05, 0.1) is 6.10 Å². The Kier molecular flexibility index (Phi) is 11.0. The van der Waals surface area contributed by atoms with Crippen molar-refractivity contribution in [3.63, 3.8) is 0 Å². The lowest BCUT2D eigenvalue weighted by molar-refractivity contribution is -0.134. The predicted molar refractivity (Wildman–Crippen MR) is 94.5 cm³/mol. The van der Waals surface area contributed by atoms with Gasteiger partial charge in [-0.3, -0.25) is 19.2 Å². The van der Waals surface area contributed by atoms with Crippen molar-refractivity contribution >= 4 is 25.2 Å². The number of hydrogen-bond acceptors (Lipinski definition) is 8. The highest BCUT2D eigenvalue weighted by molar-refractivity contribution is 5.81. The van der Waals surface area contributed by atoms with Crippen LogP contribution in [0.1, 0.15) is 57.8 Å². The molecule has 3 saturated carbocycles. The molecule has 3 rings (SSSR count). The van der Waals surface area contributed by atoms with E-state index < -0.39 is 0 Å². The molecule has 0 aromatic heterocycles. The second kappa shape index (κ2) is 13.0. The molecule has 0 bridgehead atoms. The topological polar surface area (TPSA) is 116 Å². The van der Waals surface area contributed by atoms with Gasteiger partial charge in [0.1, 0.15) is 24.1 Å². The highest BCUT2D eigenvalue weighted by atomic mass is 16.5. The first kappa shape index (κ1) is 22.8. The monoisotopic (exact) mass is 384 g/mol. The van der Waals surface area contributed by atoms with Crippen LogP contribution < -0.4 is 0 Å². The molecule has 0 amide bonds. The smallest absolute Gasteiger partial charge is 0.293 e. The summed E-state index contributed by atoms with van der Waals surface area (Å²) in [4.78, 5) is 39.8. The Morgan fingerprint density at radius 2 is 1.37 bits per heavy atom. The Bertz CT molecular complexity index is 472. The first-order valence-corrected chi connectivity index (χ1v) is 9.12. The summed E-state index contributed by atoms with van der Waals surface area (Å²) >= 11 is 0. The lowest BCUT2D eigenvalue weighted by Gasteiger charge is -2.04. The van der Waals surface area contributed by atoms with Crippen LogP contribution in [0.3, 0.4) is 0 Å². The van der Waals surface area contributed by atoms with E-state index in [1.165, 1.54) is 5.57 Å². The summed E-state index contributed by atoms with van der Waals surface area (Å²) in [7, 11) is 0. The summed E-state index contributed by atoms with van der Waals surface area (Å²) in [6, 6.07) is 0. The molecule has 3 fully saturated rings. The van der Waals surface area contributed by atoms with Gasteiger partial charge < -0.3 is 19.3 Å². The molecule has 0 aromatic carbocycles. The highest BCUT2D eigenvalue weighted by Gasteiger charge is 2.23. The Morgan fingerprint density at radius 1 is 0.815 bits per heavy atom. The van der Waals surface area contributed by atoms with Crippen LogP contribution in [0.25, 0.3) is 0 Å². The molecule has 1 N–H and O–H groups in total. The van der Waals surface area contributed by atoms with Gasteiger partial charge in [-0.05, 0) is 32.1 Å². The molecular weight excluding hydrogens is 356 g/mol. The molecule has 8 heteroatoms. The molecule has 0 aromatic rings. The van der Waals surface area contributed by atoms with Crippen molar-refractivity contribution in [2.45, 2.75) is 82.2 Å². The van der Waals surface area contributed by atoms with Gasteiger partial charge in [-0.25, -0.2) is 0 Å². The van der Waals surface area contributed by atoms with Gasteiger partial charge in [0.15, 0.2) is 0 Å². The Hall–Kier alpha value is -2.22. The third-order valence-electron chi connectivity index (χ3n) is 4.64. The first-order chi connectivity index (χ1) is 13.0. The number of ether oxygens (including phenoxy) is 3. The number of carbonyl (C=O) groups is 4. The zero-order chi connectivity index (χ0) is 20.1. The minimum absolute atomic E-state index is 0.0301. The maximum absolute atomic E-state index is 10.5. The van der Waals surface area contributed by atoms with Crippen LogP contribution in [0, 0.1) is 0 Å². The fourth-order valence-corrected chi connectivity index (χ4v) is 3.18. The van der Waals surface area contributed by atoms with Crippen molar-refractivity contribution < 1.29 is 38.5 Å². The minimum Gasteiger partial charge on any atom is -0.464 e. The average Bonchev–Trinajstić information content (AvgIpc) is 3.33. The van der Waals surface area contributed by atoms with Crippen molar-refractivity contribution in [1.82, 2.24) is 0 Å². The van der Waals surface area contributed by atoms with Crippen LogP contribution in [0.15, 0.2) is 12.2 Å². The molecule has 3 aliphatic rings. The van der Waals surface area contributed by atoms with Crippen LogP contribution in [-0.2, 0) is 33.4 Å². The molecule has 0 heterocycles. The van der Waals surface area contributed by atoms with Gasteiger partial charge in [0, 0.05) is 25.7 Å². The van der Waals surface area contributed by atoms with E-state index in [1.807, 2.05) is 0 Å². The number of aliphatic hydroxyl groups is 1. The minimum atomic E-state index is -0.255. The van der Waals surface area contributed by atoms with Crippen LogP contribution in [0.4, 0.5) is 0 Å². The third-order valence-corrected chi connectivity index (χ3v) is 4.64. The largest absolute Gasteiger partial charge is 0.464 e. The number of ketones is 1. The maximum Gasteiger partial charge on any atom is 0.293 e. The molecule has 4 atom stereocenters. The summed E-state index contributed by atoms with van der Waals surface area (Å²) in [6.07, 6.45) is 6.40. The van der Waals surface area contributed by atoms with Crippen LogP contribution >= 0.6 is 0 Å². The van der Waals surface area contributed by atoms with Crippen molar-refractivity contribution in [3.05, 3.63) is 12.2 Å². The quantitative estimate of drug-likeness (QED) is 0.417. The molecule has 0 unspecified atom stereocenters. The summed E-state index contributed by atoms with van der Waals surface area (Å²) in [6.45, 7) is 5.16. The number of Topliss-reactive ketones (excluding diaryl/α,β-unsaturated/α-hetero) is 1. The van der Waals surface area contributed by atoms with E-state index in [0.717, 1.165) is 32.1 Å². The lowest BCUT2D eigenvalue weighted by Crippen LogP contribution is -2.08. The Morgan fingerprint density at radius 3 is 1.78 bits per heavy atom. The molecule has 152 valence electrons. The Balaban J connectivity index is 0.000000202. The third kappa shape index (κ3) is 9.89. The van der Waals surface area contributed by atoms with Crippen molar-refractivity contribution in [2.24, 2.45) is 0 Å². The van der Waals surface area contributed by atoms with Crippen molar-refractivity contribution in [2.75, 3.05) is 0 Å².